The molecule has 0 aliphatic rings. The molecule has 1 N–H and O–H groups in total. The van der Waals surface area contributed by atoms with E-state index in [1.807, 2.05) is 62.4 Å². The van der Waals surface area contributed by atoms with Gasteiger partial charge in [-0.1, -0.05) is 11.6 Å². The Hall–Kier alpha value is -2.00. The Labute approximate surface area is 124 Å². The Bertz CT molecular complexity index is 562. The zero-order valence-corrected chi connectivity index (χ0v) is 12.3. The maximum atomic E-state index is 5.81. The molecule has 0 amide bonds. The number of nitrogens with zero attached hydrogens (tertiary/aromatic N) is 1. The van der Waals surface area contributed by atoms with Crippen LogP contribution in [0.5, 0.6) is 5.75 Å². The van der Waals surface area contributed by atoms with E-state index in [-0.39, 0.29) is 6.10 Å². The fraction of sp³-hybridized carbons (Fsp3) is 0.188. The molecule has 0 spiro atoms. The maximum absolute atomic E-state index is 5.81. The lowest BCUT2D eigenvalue weighted by atomic mass is 10.2. The predicted octanol–water partition coefficient (Wildman–Crippen LogP) is 4.57. The molecule has 0 saturated carbocycles. The smallest absolute Gasteiger partial charge is 0.119 e. The second-order valence-corrected chi connectivity index (χ2v) is 5.05. The average Bonchev–Trinajstić information content (AvgIpc) is 2.42. The van der Waals surface area contributed by atoms with Crippen molar-refractivity contribution in [1.82, 2.24) is 0 Å². The van der Waals surface area contributed by atoms with Crippen molar-refractivity contribution in [2.24, 2.45) is 5.10 Å². The number of hydrazone groups is 1. The number of rotatable bonds is 5. The number of benzene rings is 2. The van der Waals surface area contributed by atoms with Crippen LogP contribution in [0.2, 0.25) is 5.02 Å². The number of hydrogen-bond acceptors (Lipinski definition) is 3. The molecular weight excluding hydrogens is 272 g/mol. The normalized spacial score (nSPS) is 11.0. The molecule has 0 aliphatic carbocycles. The first-order chi connectivity index (χ1) is 9.63. The summed E-state index contributed by atoms with van der Waals surface area (Å²) in [5.41, 5.74) is 4.84. The highest BCUT2D eigenvalue weighted by molar-refractivity contribution is 6.30. The molecule has 20 heavy (non-hydrogen) atoms. The Morgan fingerprint density at radius 1 is 1.05 bits per heavy atom. The van der Waals surface area contributed by atoms with Crippen LogP contribution < -0.4 is 10.2 Å². The van der Waals surface area contributed by atoms with Gasteiger partial charge in [-0.15, -0.1) is 0 Å². The van der Waals surface area contributed by atoms with E-state index in [4.69, 9.17) is 16.3 Å². The van der Waals surface area contributed by atoms with Crippen molar-refractivity contribution >= 4 is 23.5 Å². The highest BCUT2D eigenvalue weighted by atomic mass is 35.5. The van der Waals surface area contributed by atoms with Gasteiger partial charge < -0.3 is 4.74 Å². The number of anilines is 1. The van der Waals surface area contributed by atoms with Gasteiger partial charge in [0.15, 0.2) is 0 Å². The third kappa shape index (κ3) is 4.59. The first-order valence-corrected chi connectivity index (χ1v) is 6.82. The summed E-state index contributed by atoms with van der Waals surface area (Å²) in [6.45, 7) is 4.01. The van der Waals surface area contributed by atoms with E-state index in [1.54, 1.807) is 6.21 Å². The van der Waals surface area contributed by atoms with E-state index in [0.717, 1.165) is 17.0 Å². The molecular formula is C16H17ClN2O. The van der Waals surface area contributed by atoms with Gasteiger partial charge in [-0.3, -0.25) is 5.43 Å². The van der Waals surface area contributed by atoms with E-state index in [9.17, 15) is 0 Å². The minimum atomic E-state index is 0.182. The van der Waals surface area contributed by atoms with E-state index >= 15 is 0 Å². The fourth-order valence-corrected chi connectivity index (χ4v) is 1.74. The van der Waals surface area contributed by atoms with Gasteiger partial charge in [0, 0.05) is 5.02 Å². The summed E-state index contributed by atoms with van der Waals surface area (Å²) >= 11 is 5.81. The Balaban J connectivity index is 1.92. The van der Waals surface area contributed by atoms with Crippen LogP contribution >= 0.6 is 11.6 Å². The van der Waals surface area contributed by atoms with Gasteiger partial charge in [-0.25, -0.2) is 0 Å². The van der Waals surface area contributed by atoms with Gasteiger partial charge in [-0.05, 0) is 67.9 Å². The lowest BCUT2D eigenvalue weighted by Gasteiger charge is -2.09. The van der Waals surface area contributed by atoms with Gasteiger partial charge in [0.05, 0.1) is 18.0 Å². The third-order valence-corrected chi connectivity index (χ3v) is 2.76. The van der Waals surface area contributed by atoms with Crippen LogP contribution in [0.3, 0.4) is 0 Å². The van der Waals surface area contributed by atoms with Gasteiger partial charge in [0.2, 0.25) is 0 Å². The summed E-state index contributed by atoms with van der Waals surface area (Å²) in [5.74, 6) is 0.864. The third-order valence-electron chi connectivity index (χ3n) is 2.50. The van der Waals surface area contributed by atoms with Crippen LogP contribution in [0.1, 0.15) is 19.4 Å². The number of ether oxygens (including phenoxy) is 1. The summed E-state index contributed by atoms with van der Waals surface area (Å²) in [5, 5.41) is 4.88. The van der Waals surface area contributed by atoms with Crippen LogP contribution in [0.4, 0.5) is 5.69 Å². The number of nitrogens with one attached hydrogen (secondary N) is 1. The minimum absolute atomic E-state index is 0.182. The highest BCUT2D eigenvalue weighted by Crippen LogP contribution is 2.14. The Morgan fingerprint density at radius 2 is 1.70 bits per heavy atom. The molecule has 0 bridgehead atoms. The second kappa shape index (κ2) is 6.96. The Morgan fingerprint density at radius 3 is 2.30 bits per heavy atom. The lowest BCUT2D eigenvalue weighted by Crippen LogP contribution is -2.05. The lowest BCUT2D eigenvalue weighted by molar-refractivity contribution is 0.242. The topological polar surface area (TPSA) is 33.6 Å². The zero-order chi connectivity index (χ0) is 14.4. The Kier molecular flexibility index (Phi) is 5.02. The first-order valence-electron chi connectivity index (χ1n) is 6.45. The van der Waals surface area contributed by atoms with Crippen LogP contribution in [0, 0.1) is 0 Å². The molecule has 0 fully saturated rings. The first kappa shape index (κ1) is 14.4. The van der Waals surface area contributed by atoms with Gasteiger partial charge >= 0.3 is 0 Å². The summed E-state index contributed by atoms with van der Waals surface area (Å²) in [4.78, 5) is 0. The summed E-state index contributed by atoms with van der Waals surface area (Å²) < 4.78 is 5.58. The van der Waals surface area contributed by atoms with Crippen LogP contribution in [0.15, 0.2) is 53.6 Å². The van der Waals surface area contributed by atoms with Gasteiger partial charge in [0.1, 0.15) is 5.75 Å². The predicted molar refractivity (Wildman–Crippen MR) is 84.9 cm³/mol. The van der Waals surface area contributed by atoms with Crippen molar-refractivity contribution in [3.05, 3.63) is 59.1 Å². The molecule has 0 heterocycles. The molecule has 2 aromatic carbocycles. The zero-order valence-electron chi connectivity index (χ0n) is 11.5. The molecule has 0 unspecified atom stereocenters. The summed E-state index contributed by atoms with van der Waals surface area (Å²) in [6, 6.07) is 15.2. The molecule has 0 saturated heterocycles. The average molecular weight is 289 g/mol. The van der Waals surface area contributed by atoms with Crippen molar-refractivity contribution in [1.29, 1.82) is 0 Å². The fourth-order valence-electron chi connectivity index (χ4n) is 1.61. The summed E-state index contributed by atoms with van der Waals surface area (Å²) in [6.07, 6.45) is 1.94. The van der Waals surface area contributed by atoms with Gasteiger partial charge in [-0.2, -0.15) is 5.10 Å². The van der Waals surface area contributed by atoms with E-state index in [1.165, 1.54) is 0 Å². The molecule has 3 nitrogen and oxygen atoms in total. The van der Waals surface area contributed by atoms with Crippen molar-refractivity contribution in [2.45, 2.75) is 20.0 Å². The quantitative estimate of drug-likeness (QED) is 0.646. The van der Waals surface area contributed by atoms with Crippen molar-refractivity contribution in [2.75, 3.05) is 5.43 Å². The number of hydrogen-bond donors (Lipinski definition) is 1. The van der Waals surface area contributed by atoms with E-state index in [2.05, 4.69) is 10.5 Å². The molecule has 2 aromatic rings. The standard InChI is InChI=1S/C16H17ClN2O/c1-12(2)20-16-9-3-13(4-10-16)11-18-19-15-7-5-14(17)6-8-15/h3-12,19H,1-2H3/b18-11+. The monoisotopic (exact) mass is 288 g/mol. The molecule has 0 atom stereocenters. The molecule has 0 aromatic heterocycles. The van der Waals surface area contributed by atoms with Gasteiger partial charge in [0.25, 0.3) is 0 Å². The number of halogens is 1. The summed E-state index contributed by atoms with van der Waals surface area (Å²) in [7, 11) is 0. The molecule has 4 heteroatoms. The van der Waals surface area contributed by atoms with Crippen molar-refractivity contribution in [3.63, 3.8) is 0 Å². The SMILES string of the molecule is CC(C)Oc1ccc(/C=N/Nc2ccc(Cl)cc2)cc1. The highest BCUT2D eigenvalue weighted by Gasteiger charge is 1.96. The molecule has 2 rings (SSSR count). The molecule has 0 radical (unpaired) electrons. The molecule has 104 valence electrons. The minimum Gasteiger partial charge on any atom is -0.491 e. The van der Waals surface area contributed by atoms with Crippen molar-refractivity contribution in [3.8, 4) is 5.75 Å². The largest absolute Gasteiger partial charge is 0.491 e. The van der Waals surface area contributed by atoms with Crippen LogP contribution in [0.25, 0.3) is 0 Å². The maximum Gasteiger partial charge on any atom is 0.119 e. The van der Waals surface area contributed by atoms with Crippen molar-refractivity contribution < 1.29 is 4.74 Å². The van der Waals surface area contributed by atoms with E-state index < -0.39 is 0 Å². The van der Waals surface area contributed by atoms with Crippen LogP contribution in [-0.4, -0.2) is 12.3 Å². The second-order valence-electron chi connectivity index (χ2n) is 4.61. The van der Waals surface area contributed by atoms with Crippen LogP contribution in [-0.2, 0) is 0 Å². The molecule has 0 aliphatic heterocycles. The van der Waals surface area contributed by atoms with E-state index in [0.29, 0.717) is 5.02 Å².